The summed E-state index contributed by atoms with van der Waals surface area (Å²) in [4.78, 5) is 19.2. The largest absolute Gasteiger partial charge is 0.342 e. The molecule has 5 heteroatoms. The molecule has 18 heavy (non-hydrogen) atoms. The monoisotopic (exact) mass is 248 g/mol. The van der Waals surface area contributed by atoms with E-state index in [2.05, 4.69) is 4.90 Å². The summed E-state index contributed by atoms with van der Waals surface area (Å²) < 4.78 is 1.71. The number of nitrogens with zero attached hydrogens (tertiary/aromatic N) is 3. The van der Waals surface area contributed by atoms with Crippen molar-refractivity contribution in [3.8, 4) is 0 Å². The van der Waals surface area contributed by atoms with Gasteiger partial charge < -0.3 is 10.6 Å². The van der Waals surface area contributed by atoms with E-state index in [0.29, 0.717) is 6.04 Å². The molecule has 2 heterocycles. The van der Waals surface area contributed by atoms with E-state index in [-0.39, 0.29) is 5.56 Å². The molecule has 0 amide bonds. The Morgan fingerprint density at radius 3 is 2.72 bits per heavy atom. The number of anilines is 1. The van der Waals surface area contributed by atoms with Crippen molar-refractivity contribution >= 4 is 5.95 Å². The molecule has 1 aromatic heterocycles. The lowest BCUT2D eigenvalue weighted by Gasteiger charge is -2.32. The molecule has 1 aliphatic carbocycles. The van der Waals surface area contributed by atoms with E-state index in [1.807, 2.05) is 7.05 Å². The molecule has 3 rings (SSSR count). The van der Waals surface area contributed by atoms with E-state index in [4.69, 9.17) is 10.7 Å². The quantitative estimate of drug-likeness (QED) is 0.771. The Morgan fingerprint density at radius 1 is 1.28 bits per heavy atom. The Bertz CT molecular complexity index is 514. The van der Waals surface area contributed by atoms with E-state index >= 15 is 0 Å². The van der Waals surface area contributed by atoms with Crippen molar-refractivity contribution in [3.63, 3.8) is 0 Å². The van der Waals surface area contributed by atoms with Crippen LogP contribution >= 0.6 is 0 Å². The molecule has 2 N–H and O–H groups in total. The molecule has 0 unspecified atom stereocenters. The highest BCUT2D eigenvalue weighted by Gasteiger charge is 2.24. The van der Waals surface area contributed by atoms with Gasteiger partial charge in [0.25, 0.3) is 5.56 Å². The van der Waals surface area contributed by atoms with Crippen LogP contribution in [0.1, 0.15) is 30.5 Å². The van der Waals surface area contributed by atoms with Crippen LogP contribution in [0.3, 0.4) is 0 Å². The van der Waals surface area contributed by atoms with Crippen LogP contribution in [0.2, 0.25) is 0 Å². The fraction of sp³-hybridized carbons (Fsp3) is 0.692. The SMILES string of the molecule is Cn1c(N2CCC(N)CC2)nc2c(c1=O)CCC2. The number of nitrogens with two attached hydrogens (primary N) is 1. The van der Waals surface area contributed by atoms with Gasteiger partial charge in [-0.2, -0.15) is 0 Å². The molecule has 1 aliphatic heterocycles. The normalized spacial score (nSPS) is 20.2. The second-order valence-electron chi connectivity index (χ2n) is 5.38. The van der Waals surface area contributed by atoms with Gasteiger partial charge in [0, 0.05) is 31.7 Å². The number of fused-ring (bicyclic) bond motifs is 1. The molecule has 0 spiro atoms. The summed E-state index contributed by atoms with van der Waals surface area (Å²) in [7, 11) is 1.83. The topological polar surface area (TPSA) is 64.2 Å². The Kier molecular flexibility index (Phi) is 2.86. The van der Waals surface area contributed by atoms with Gasteiger partial charge in [-0.15, -0.1) is 0 Å². The van der Waals surface area contributed by atoms with Gasteiger partial charge in [0.2, 0.25) is 5.95 Å². The summed E-state index contributed by atoms with van der Waals surface area (Å²) in [5, 5.41) is 0. The fourth-order valence-electron chi connectivity index (χ4n) is 2.95. The average molecular weight is 248 g/mol. The van der Waals surface area contributed by atoms with E-state index in [9.17, 15) is 4.79 Å². The van der Waals surface area contributed by atoms with Crippen molar-refractivity contribution in [1.29, 1.82) is 0 Å². The van der Waals surface area contributed by atoms with Gasteiger partial charge >= 0.3 is 0 Å². The van der Waals surface area contributed by atoms with Crippen LogP contribution in [-0.4, -0.2) is 28.7 Å². The van der Waals surface area contributed by atoms with Crippen molar-refractivity contribution in [2.45, 2.75) is 38.1 Å². The zero-order chi connectivity index (χ0) is 12.7. The van der Waals surface area contributed by atoms with E-state index in [0.717, 1.165) is 62.4 Å². The first kappa shape index (κ1) is 11.7. The van der Waals surface area contributed by atoms with E-state index < -0.39 is 0 Å². The Morgan fingerprint density at radius 2 is 2.00 bits per heavy atom. The molecule has 0 atom stereocenters. The second-order valence-corrected chi connectivity index (χ2v) is 5.38. The van der Waals surface area contributed by atoms with Gasteiger partial charge in [-0.25, -0.2) is 4.98 Å². The van der Waals surface area contributed by atoms with Crippen molar-refractivity contribution in [3.05, 3.63) is 21.6 Å². The Hall–Kier alpha value is -1.36. The lowest BCUT2D eigenvalue weighted by molar-refractivity contribution is 0.489. The van der Waals surface area contributed by atoms with Gasteiger partial charge in [0.1, 0.15) is 0 Å². The molecule has 0 radical (unpaired) electrons. The van der Waals surface area contributed by atoms with E-state index in [1.54, 1.807) is 4.57 Å². The van der Waals surface area contributed by atoms with Crippen molar-refractivity contribution in [2.24, 2.45) is 12.8 Å². The summed E-state index contributed by atoms with van der Waals surface area (Å²) in [5.41, 5.74) is 8.00. The predicted molar refractivity (Wildman–Crippen MR) is 70.9 cm³/mol. The van der Waals surface area contributed by atoms with Crippen molar-refractivity contribution in [2.75, 3.05) is 18.0 Å². The lowest BCUT2D eigenvalue weighted by Crippen LogP contribution is -2.42. The molecule has 0 aromatic carbocycles. The fourth-order valence-corrected chi connectivity index (χ4v) is 2.95. The highest BCUT2D eigenvalue weighted by molar-refractivity contribution is 5.37. The van der Waals surface area contributed by atoms with Crippen LogP contribution in [0.4, 0.5) is 5.95 Å². The number of hydrogen-bond donors (Lipinski definition) is 1. The average Bonchev–Trinajstić information content (AvgIpc) is 2.83. The number of aryl methyl sites for hydroxylation is 1. The van der Waals surface area contributed by atoms with Gasteiger partial charge in [0.15, 0.2) is 0 Å². The summed E-state index contributed by atoms with van der Waals surface area (Å²) in [6.45, 7) is 1.81. The summed E-state index contributed by atoms with van der Waals surface area (Å²) in [5.74, 6) is 0.826. The molecule has 5 nitrogen and oxygen atoms in total. The summed E-state index contributed by atoms with van der Waals surface area (Å²) >= 11 is 0. The Balaban J connectivity index is 1.98. The third-order valence-corrected chi connectivity index (χ3v) is 4.11. The summed E-state index contributed by atoms with van der Waals surface area (Å²) in [6, 6.07) is 0.299. The highest BCUT2D eigenvalue weighted by atomic mass is 16.1. The zero-order valence-corrected chi connectivity index (χ0v) is 10.9. The molecule has 1 saturated heterocycles. The van der Waals surface area contributed by atoms with Gasteiger partial charge in [-0.3, -0.25) is 9.36 Å². The lowest BCUT2D eigenvalue weighted by atomic mass is 10.1. The maximum absolute atomic E-state index is 12.3. The minimum Gasteiger partial charge on any atom is -0.342 e. The first-order valence-electron chi connectivity index (χ1n) is 6.76. The third kappa shape index (κ3) is 1.82. The second kappa shape index (κ2) is 4.39. The van der Waals surface area contributed by atoms with Crippen molar-refractivity contribution < 1.29 is 0 Å². The first-order chi connectivity index (χ1) is 8.66. The predicted octanol–water partition coefficient (Wildman–Crippen LogP) is 0.196. The minimum absolute atomic E-state index is 0.141. The van der Waals surface area contributed by atoms with Gasteiger partial charge in [-0.1, -0.05) is 0 Å². The standard InChI is InChI=1S/C13H20N4O/c1-16-12(18)10-3-2-4-11(10)15-13(16)17-7-5-9(14)6-8-17/h9H,2-8,14H2,1H3. The minimum atomic E-state index is 0.141. The van der Waals surface area contributed by atoms with Crippen molar-refractivity contribution in [1.82, 2.24) is 9.55 Å². The molecule has 0 saturated carbocycles. The van der Waals surface area contributed by atoms with Crippen LogP contribution in [0.25, 0.3) is 0 Å². The van der Waals surface area contributed by atoms with Crippen LogP contribution in [0.5, 0.6) is 0 Å². The van der Waals surface area contributed by atoms with Gasteiger partial charge in [-0.05, 0) is 32.1 Å². The maximum atomic E-state index is 12.3. The molecule has 98 valence electrons. The molecule has 1 fully saturated rings. The number of hydrogen-bond acceptors (Lipinski definition) is 4. The number of aromatic nitrogens is 2. The number of rotatable bonds is 1. The van der Waals surface area contributed by atoms with Crippen LogP contribution < -0.4 is 16.2 Å². The number of piperidine rings is 1. The summed E-state index contributed by atoms with van der Waals surface area (Å²) in [6.07, 6.45) is 4.86. The van der Waals surface area contributed by atoms with E-state index in [1.165, 1.54) is 0 Å². The highest BCUT2D eigenvalue weighted by Crippen LogP contribution is 2.21. The van der Waals surface area contributed by atoms with Crippen LogP contribution in [0.15, 0.2) is 4.79 Å². The molecule has 0 bridgehead atoms. The smallest absolute Gasteiger partial charge is 0.258 e. The van der Waals surface area contributed by atoms with Crippen LogP contribution in [0, 0.1) is 0 Å². The Labute approximate surface area is 107 Å². The first-order valence-corrected chi connectivity index (χ1v) is 6.76. The molecular formula is C13H20N4O. The zero-order valence-electron chi connectivity index (χ0n) is 10.9. The molecular weight excluding hydrogens is 228 g/mol. The maximum Gasteiger partial charge on any atom is 0.258 e. The third-order valence-electron chi connectivity index (χ3n) is 4.11. The molecule has 1 aromatic rings. The molecule has 2 aliphatic rings. The van der Waals surface area contributed by atoms with Crippen LogP contribution in [-0.2, 0) is 19.9 Å². The van der Waals surface area contributed by atoms with Gasteiger partial charge in [0.05, 0.1) is 5.69 Å².